The molecule has 0 unspecified atom stereocenters. The van der Waals surface area contributed by atoms with Gasteiger partial charge in [-0.2, -0.15) is 10.2 Å². The number of piperazine rings is 1. The molecular formula is C26H31N7O. The van der Waals surface area contributed by atoms with Gasteiger partial charge in [0.1, 0.15) is 0 Å². The van der Waals surface area contributed by atoms with E-state index >= 15 is 0 Å². The lowest BCUT2D eigenvalue weighted by Gasteiger charge is -2.35. The van der Waals surface area contributed by atoms with Gasteiger partial charge >= 0.3 is 0 Å². The first-order valence-corrected chi connectivity index (χ1v) is 11.9. The second-order valence-corrected chi connectivity index (χ2v) is 9.04. The molecule has 8 heteroatoms. The zero-order chi connectivity index (χ0) is 23.8. The number of fused-ring (bicyclic) bond motifs is 1. The minimum atomic E-state index is 0.0672. The Morgan fingerprint density at radius 2 is 1.76 bits per heavy atom. The molecule has 0 saturated carbocycles. The SMILES string of the molecule is CCn1cc(-c2cc(C(=O)N3CCN(Cc4cn(C)nc4C)CC3)c3ccccc3n2)c(C)n1. The molecule has 1 aliphatic heterocycles. The van der Waals surface area contributed by atoms with Gasteiger partial charge in [-0.25, -0.2) is 4.98 Å². The zero-order valence-electron chi connectivity index (χ0n) is 20.3. The number of nitrogens with zero attached hydrogens (tertiary/aromatic N) is 7. The molecule has 176 valence electrons. The van der Waals surface area contributed by atoms with Gasteiger partial charge in [-0.1, -0.05) is 18.2 Å². The van der Waals surface area contributed by atoms with E-state index in [1.54, 1.807) is 0 Å². The first-order valence-electron chi connectivity index (χ1n) is 11.9. The Labute approximate surface area is 199 Å². The Morgan fingerprint density at radius 3 is 2.44 bits per heavy atom. The molecule has 0 spiro atoms. The summed E-state index contributed by atoms with van der Waals surface area (Å²) < 4.78 is 3.77. The second kappa shape index (κ2) is 9.02. The summed E-state index contributed by atoms with van der Waals surface area (Å²) in [5.41, 5.74) is 6.54. The van der Waals surface area contributed by atoms with Crippen LogP contribution in [0.2, 0.25) is 0 Å². The van der Waals surface area contributed by atoms with Gasteiger partial charge < -0.3 is 4.90 Å². The lowest BCUT2D eigenvalue weighted by Crippen LogP contribution is -2.48. The monoisotopic (exact) mass is 457 g/mol. The highest BCUT2D eigenvalue weighted by molar-refractivity contribution is 6.07. The Hall–Kier alpha value is -3.52. The van der Waals surface area contributed by atoms with Crippen molar-refractivity contribution in [3.05, 3.63) is 65.2 Å². The van der Waals surface area contributed by atoms with Crippen LogP contribution in [0.4, 0.5) is 0 Å². The van der Waals surface area contributed by atoms with Gasteiger partial charge in [0.05, 0.1) is 28.2 Å². The maximum Gasteiger partial charge on any atom is 0.254 e. The van der Waals surface area contributed by atoms with Crippen LogP contribution in [-0.4, -0.2) is 66.4 Å². The number of aryl methyl sites for hydroxylation is 4. The van der Waals surface area contributed by atoms with Crippen molar-refractivity contribution in [2.75, 3.05) is 26.2 Å². The predicted octanol–water partition coefficient (Wildman–Crippen LogP) is 3.43. The molecule has 3 aromatic heterocycles. The highest BCUT2D eigenvalue weighted by Crippen LogP contribution is 2.28. The first kappa shape index (κ1) is 22.3. The van der Waals surface area contributed by atoms with Crippen LogP contribution < -0.4 is 0 Å². The minimum Gasteiger partial charge on any atom is -0.336 e. The Morgan fingerprint density at radius 1 is 1.00 bits per heavy atom. The third kappa shape index (κ3) is 4.21. The number of hydrogen-bond acceptors (Lipinski definition) is 5. The van der Waals surface area contributed by atoms with Crippen molar-refractivity contribution in [1.82, 2.24) is 34.3 Å². The molecule has 0 bridgehead atoms. The first-order chi connectivity index (χ1) is 16.4. The molecule has 4 aromatic rings. The van der Waals surface area contributed by atoms with Crippen LogP contribution >= 0.6 is 0 Å². The van der Waals surface area contributed by atoms with Crippen molar-refractivity contribution in [2.45, 2.75) is 33.9 Å². The number of benzene rings is 1. The van der Waals surface area contributed by atoms with Crippen LogP contribution in [-0.2, 0) is 20.1 Å². The van der Waals surface area contributed by atoms with E-state index in [2.05, 4.69) is 28.2 Å². The molecule has 34 heavy (non-hydrogen) atoms. The van der Waals surface area contributed by atoms with E-state index in [1.165, 1.54) is 5.56 Å². The largest absolute Gasteiger partial charge is 0.336 e. The molecule has 1 aliphatic rings. The fourth-order valence-electron chi connectivity index (χ4n) is 4.75. The van der Waals surface area contributed by atoms with Crippen LogP contribution in [0.15, 0.2) is 42.7 Å². The van der Waals surface area contributed by atoms with Crippen molar-refractivity contribution in [3.63, 3.8) is 0 Å². The fourth-order valence-corrected chi connectivity index (χ4v) is 4.75. The summed E-state index contributed by atoms with van der Waals surface area (Å²) in [5.74, 6) is 0.0672. The van der Waals surface area contributed by atoms with Gasteiger partial charge in [0.25, 0.3) is 5.91 Å². The van der Waals surface area contributed by atoms with E-state index in [-0.39, 0.29) is 5.91 Å². The lowest BCUT2D eigenvalue weighted by atomic mass is 10.0. The average molecular weight is 458 g/mol. The summed E-state index contributed by atoms with van der Waals surface area (Å²) in [6, 6.07) is 9.84. The third-order valence-corrected chi connectivity index (χ3v) is 6.66. The average Bonchev–Trinajstić information content (AvgIpc) is 3.38. The Bertz CT molecular complexity index is 1340. The molecule has 5 rings (SSSR count). The van der Waals surface area contributed by atoms with E-state index in [9.17, 15) is 4.79 Å². The van der Waals surface area contributed by atoms with Crippen molar-refractivity contribution < 1.29 is 4.79 Å². The molecule has 1 aromatic carbocycles. The van der Waals surface area contributed by atoms with E-state index in [0.29, 0.717) is 18.7 Å². The van der Waals surface area contributed by atoms with Gasteiger partial charge in [-0.05, 0) is 32.9 Å². The second-order valence-electron chi connectivity index (χ2n) is 9.04. The topological polar surface area (TPSA) is 72.1 Å². The number of amides is 1. The Kier molecular flexibility index (Phi) is 5.91. The number of para-hydroxylation sites is 1. The molecule has 1 fully saturated rings. The molecule has 4 heterocycles. The summed E-state index contributed by atoms with van der Waals surface area (Å²) in [7, 11) is 1.95. The van der Waals surface area contributed by atoms with Crippen LogP contribution in [0.25, 0.3) is 22.2 Å². The van der Waals surface area contributed by atoms with Gasteiger partial charge in [0.2, 0.25) is 0 Å². The zero-order valence-corrected chi connectivity index (χ0v) is 20.3. The maximum absolute atomic E-state index is 13.7. The van der Waals surface area contributed by atoms with Gasteiger partial charge in [0, 0.05) is 75.2 Å². The summed E-state index contributed by atoms with van der Waals surface area (Å²) in [5, 5.41) is 9.91. The van der Waals surface area contributed by atoms with Crippen LogP contribution in [0.3, 0.4) is 0 Å². The van der Waals surface area contributed by atoms with Crippen molar-refractivity contribution in [1.29, 1.82) is 0 Å². The molecule has 0 aliphatic carbocycles. The number of hydrogen-bond donors (Lipinski definition) is 0. The summed E-state index contributed by atoms with van der Waals surface area (Å²) in [6.45, 7) is 10.9. The number of carbonyl (C=O) groups is 1. The highest BCUT2D eigenvalue weighted by Gasteiger charge is 2.25. The standard InChI is InChI=1S/C26H31N7O/c1-5-33-17-23(19(3)29-33)25-14-22(21-8-6-7-9-24(21)27-25)26(34)32-12-10-31(11-13-32)16-20-15-30(4)28-18(20)2/h6-9,14-15,17H,5,10-13,16H2,1-4H3. The van der Waals surface area contributed by atoms with E-state index in [4.69, 9.17) is 4.98 Å². The number of carbonyl (C=O) groups excluding carboxylic acids is 1. The summed E-state index contributed by atoms with van der Waals surface area (Å²) in [6.07, 6.45) is 4.10. The molecular weight excluding hydrogens is 426 g/mol. The van der Waals surface area contributed by atoms with Crippen LogP contribution in [0.1, 0.15) is 34.2 Å². The normalized spacial score (nSPS) is 14.8. The van der Waals surface area contributed by atoms with Gasteiger partial charge in [-0.15, -0.1) is 0 Å². The fraction of sp³-hybridized carbons (Fsp3) is 0.385. The number of rotatable bonds is 5. The van der Waals surface area contributed by atoms with Crippen molar-refractivity contribution >= 4 is 16.8 Å². The molecule has 0 N–H and O–H groups in total. The quantitative estimate of drug-likeness (QED) is 0.459. The molecule has 8 nitrogen and oxygen atoms in total. The van der Waals surface area contributed by atoms with E-state index in [1.807, 2.05) is 71.7 Å². The van der Waals surface area contributed by atoms with Gasteiger partial charge in [0.15, 0.2) is 0 Å². The third-order valence-electron chi connectivity index (χ3n) is 6.66. The minimum absolute atomic E-state index is 0.0672. The van der Waals surface area contributed by atoms with Crippen LogP contribution in [0.5, 0.6) is 0 Å². The van der Waals surface area contributed by atoms with E-state index in [0.717, 1.165) is 59.7 Å². The van der Waals surface area contributed by atoms with E-state index < -0.39 is 0 Å². The van der Waals surface area contributed by atoms with Gasteiger partial charge in [-0.3, -0.25) is 19.1 Å². The molecule has 1 amide bonds. The molecule has 0 radical (unpaired) electrons. The van der Waals surface area contributed by atoms with Crippen molar-refractivity contribution in [3.8, 4) is 11.3 Å². The highest BCUT2D eigenvalue weighted by atomic mass is 16.2. The van der Waals surface area contributed by atoms with Crippen molar-refractivity contribution in [2.24, 2.45) is 7.05 Å². The Balaban J connectivity index is 1.40. The van der Waals surface area contributed by atoms with Crippen LogP contribution in [0, 0.1) is 13.8 Å². The number of aromatic nitrogens is 5. The molecule has 1 saturated heterocycles. The number of pyridine rings is 1. The smallest absolute Gasteiger partial charge is 0.254 e. The molecule has 0 atom stereocenters. The predicted molar refractivity (Wildman–Crippen MR) is 133 cm³/mol. The summed E-state index contributed by atoms with van der Waals surface area (Å²) >= 11 is 0. The lowest BCUT2D eigenvalue weighted by molar-refractivity contribution is 0.0630. The summed E-state index contributed by atoms with van der Waals surface area (Å²) in [4.78, 5) is 23.0. The maximum atomic E-state index is 13.7.